The van der Waals surface area contributed by atoms with Crippen LogP contribution in [0.5, 0.6) is 5.75 Å². The number of hydrogen-bond acceptors (Lipinski definition) is 4. The van der Waals surface area contributed by atoms with Crippen molar-refractivity contribution in [1.82, 2.24) is 14.5 Å². The molecule has 0 radical (unpaired) electrons. The largest absolute Gasteiger partial charge is 0.486 e. The fraction of sp³-hybridized carbons (Fsp3) is 0.593. The molecule has 2 aromatic rings. The summed E-state index contributed by atoms with van der Waals surface area (Å²) in [5, 5.41) is 0.721. The van der Waals surface area contributed by atoms with Gasteiger partial charge in [-0.25, -0.2) is 0 Å². The van der Waals surface area contributed by atoms with Crippen molar-refractivity contribution in [2.75, 3.05) is 19.7 Å². The molecule has 1 amide bonds. The Balaban J connectivity index is 1.54. The van der Waals surface area contributed by atoms with Gasteiger partial charge >= 0.3 is 5.56 Å². The summed E-state index contributed by atoms with van der Waals surface area (Å²) in [5.41, 5.74) is 1.13. The molecule has 2 fully saturated rings. The maximum Gasteiger partial charge on any atom is 0.316 e. The topological polar surface area (TPSA) is 64.4 Å². The number of carbonyl (C=O) groups excluding carboxylic acids is 1. The molecule has 3 aliphatic rings. The minimum absolute atomic E-state index is 0.0858. The van der Waals surface area contributed by atoms with E-state index in [9.17, 15) is 9.59 Å². The third-order valence-electron chi connectivity index (χ3n) is 7.74. The van der Waals surface area contributed by atoms with Crippen molar-refractivity contribution in [3.63, 3.8) is 0 Å². The van der Waals surface area contributed by atoms with Crippen LogP contribution in [0.4, 0.5) is 0 Å². The molecule has 1 aromatic heterocycles. The van der Waals surface area contributed by atoms with Gasteiger partial charge in [-0.1, -0.05) is 49.9 Å². The molecule has 0 atom stereocenters. The van der Waals surface area contributed by atoms with Crippen molar-refractivity contribution in [2.24, 2.45) is 5.92 Å². The van der Waals surface area contributed by atoms with E-state index in [0.29, 0.717) is 43.6 Å². The highest BCUT2D eigenvalue weighted by molar-refractivity contribution is 6.30. The van der Waals surface area contributed by atoms with Crippen LogP contribution in [0.25, 0.3) is 0 Å². The number of nitrogens with zero attached hydrogens (tertiary/aromatic N) is 3. The van der Waals surface area contributed by atoms with Gasteiger partial charge in [0.2, 0.25) is 5.75 Å². The van der Waals surface area contributed by atoms with E-state index in [1.54, 1.807) is 0 Å². The standard InChI is InChI=1S/C27H34ClN3O3/c1-2-3-16-34-24-23-26(33)30(18-19-6-7-19)14-15-31(23)22(29-25(24)32)17-27(12-4-5-13-27)20-8-10-21(28)11-9-20/h8-11,19H,2-7,12-18H2,1H3. The van der Waals surface area contributed by atoms with Crippen LogP contribution in [0.2, 0.25) is 5.02 Å². The second kappa shape index (κ2) is 9.73. The van der Waals surface area contributed by atoms with Crippen molar-refractivity contribution in [3.8, 4) is 5.75 Å². The molecule has 0 saturated heterocycles. The Bertz CT molecular complexity index is 1100. The first-order chi connectivity index (χ1) is 16.5. The number of amides is 1. The predicted molar refractivity (Wildman–Crippen MR) is 133 cm³/mol. The molecule has 2 saturated carbocycles. The molecule has 34 heavy (non-hydrogen) atoms. The molecule has 1 aliphatic heterocycles. The Morgan fingerprint density at radius 1 is 1.12 bits per heavy atom. The summed E-state index contributed by atoms with van der Waals surface area (Å²) in [4.78, 5) is 33.3. The van der Waals surface area contributed by atoms with E-state index in [2.05, 4.69) is 24.0 Å². The van der Waals surface area contributed by atoms with E-state index in [1.165, 1.54) is 18.4 Å². The van der Waals surface area contributed by atoms with Crippen LogP contribution in [-0.2, 0) is 18.4 Å². The van der Waals surface area contributed by atoms with E-state index in [1.807, 2.05) is 21.6 Å². The number of hydrogen-bond donors (Lipinski definition) is 0. The Morgan fingerprint density at radius 3 is 2.53 bits per heavy atom. The van der Waals surface area contributed by atoms with Gasteiger partial charge in [-0.05, 0) is 55.7 Å². The van der Waals surface area contributed by atoms with Crippen molar-refractivity contribution >= 4 is 17.5 Å². The third-order valence-corrected chi connectivity index (χ3v) is 7.99. The molecule has 182 valence electrons. The first-order valence-corrected chi connectivity index (χ1v) is 13.2. The molecule has 2 heterocycles. The molecule has 5 rings (SSSR count). The normalized spacial score (nSPS) is 19.4. The number of rotatable bonds is 9. The Morgan fingerprint density at radius 2 is 1.85 bits per heavy atom. The predicted octanol–water partition coefficient (Wildman–Crippen LogP) is 5.00. The zero-order valence-electron chi connectivity index (χ0n) is 20.0. The first kappa shape index (κ1) is 23.4. The van der Waals surface area contributed by atoms with Crippen molar-refractivity contribution in [2.45, 2.75) is 76.7 Å². The molecule has 6 nitrogen and oxygen atoms in total. The van der Waals surface area contributed by atoms with Crippen LogP contribution in [-0.4, -0.2) is 40.1 Å². The van der Waals surface area contributed by atoms with E-state index >= 15 is 0 Å². The lowest BCUT2D eigenvalue weighted by Crippen LogP contribution is -2.45. The lowest BCUT2D eigenvalue weighted by Gasteiger charge is -2.35. The maximum absolute atomic E-state index is 13.6. The van der Waals surface area contributed by atoms with Gasteiger partial charge in [0, 0.05) is 36.5 Å². The highest BCUT2D eigenvalue weighted by Gasteiger charge is 2.40. The number of benzene rings is 1. The molecule has 0 unspecified atom stereocenters. The molecule has 7 heteroatoms. The van der Waals surface area contributed by atoms with Crippen LogP contribution >= 0.6 is 11.6 Å². The minimum Gasteiger partial charge on any atom is -0.486 e. The number of aromatic nitrogens is 2. The Labute approximate surface area is 206 Å². The lowest BCUT2D eigenvalue weighted by atomic mass is 9.76. The Hall–Kier alpha value is -2.34. The summed E-state index contributed by atoms with van der Waals surface area (Å²) >= 11 is 6.17. The first-order valence-electron chi connectivity index (χ1n) is 12.8. The second-order valence-electron chi connectivity index (χ2n) is 10.2. The smallest absolute Gasteiger partial charge is 0.316 e. The Kier molecular flexibility index (Phi) is 6.70. The van der Waals surface area contributed by atoms with Gasteiger partial charge in [0.05, 0.1) is 6.61 Å². The summed E-state index contributed by atoms with van der Waals surface area (Å²) < 4.78 is 7.90. The zero-order chi connectivity index (χ0) is 23.7. The molecular formula is C27H34ClN3O3. The van der Waals surface area contributed by atoms with Crippen LogP contribution in [0, 0.1) is 5.92 Å². The molecule has 0 bridgehead atoms. The fourth-order valence-corrected chi connectivity index (χ4v) is 5.73. The van der Waals surface area contributed by atoms with Gasteiger partial charge in [-0.2, -0.15) is 4.98 Å². The van der Waals surface area contributed by atoms with Gasteiger partial charge in [0.1, 0.15) is 5.82 Å². The van der Waals surface area contributed by atoms with Gasteiger partial charge in [-0.15, -0.1) is 0 Å². The van der Waals surface area contributed by atoms with Gasteiger partial charge in [0.25, 0.3) is 5.91 Å². The van der Waals surface area contributed by atoms with E-state index < -0.39 is 5.56 Å². The fourth-order valence-electron chi connectivity index (χ4n) is 5.60. The summed E-state index contributed by atoms with van der Waals surface area (Å²) in [6.07, 6.45) is 9.16. The minimum atomic E-state index is -0.414. The van der Waals surface area contributed by atoms with Crippen LogP contribution in [0.3, 0.4) is 0 Å². The van der Waals surface area contributed by atoms with E-state index in [-0.39, 0.29) is 17.1 Å². The van der Waals surface area contributed by atoms with Crippen LogP contribution < -0.4 is 10.3 Å². The number of fused-ring (bicyclic) bond motifs is 1. The number of unbranched alkanes of at least 4 members (excludes halogenated alkanes) is 1. The van der Waals surface area contributed by atoms with Gasteiger partial charge in [-0.3, -0.25) is 9.59 Å². The van der Waals surface area contributed by atoms with Crippen molar-refractivity contribution in [3.05, 3.63) is 56.7 Å². The molecular weight excluding hydrogens is 450 g/mol. The zero-order valence-corrected chi connectivity index (χ0v) is 20.8. The molecule has 0 N–H and O–H groups in total. The van der Waals surface area contributed by atoms with Gasteiger partial charge < -0.3 is 14.2 Å². The molecule has 1 aromatic carbocycles. The quantitative estimate of drug-likeness (QED) is 0.471. The molecule has 2 aliphatic carbocycles. The number of carbonyl (C=O) groups is 1. The van der Waals surface area contributed by atoms with Crippen LogP contribution in [0.15, 0.2) is 29.1 Å². The molecule has 0 spiro atoms. The van der Waals surface area contributed by atoms with Crippen molar-refractivity contribution < 1.29 is 9.53 Å². The summed E-state index contributed by atoms with van der Waals surface area (Å²) in [6, 6.07) is 8.09. The average molecular weight is 484 g/mol. The van der Waals surface area contributed by atoms with Crippen LogP contribution in [0.1, 0.15) is 80.2 Å². The van der Waals surface area contributed by atoms with E-state index in [0.717, 1.165) is 50.1 Å². The van der Waals surface area contributed by atoms with Gasteiger partial charge in [0.15, 0.2) is 5.69 Å². The number of ether oxygens (including phenoxy) is 1. The summed E-state index contributed by atoms with van der Waals surface area (Å²) in [6.45, 7) is 4.57. The van der Waals surface area contributed by atoms with E-state index in [4.69, 9.17) is 16.3 Å². The SMILES string of the molecule is CCCCOc1c2n(c(CC3(c4ccc(Cl)cc4)CCCC3)nc1=O)CCN(CC1CC1)C2=O. The average Bonchev–Trinajstić information content (AvgIpc) is 3.52. The number of halogens is 1. The lowest BCUT2D eigenvalue weighted by molar-refractivity contribution is 0.0681. The maximum atomic E-state index is 13.6. The summed E-state index contributed by atoms with van der Waals surface area (Å²) in [7, 11) is 0. The highest BCUT2D eigenvalue weighted by Crippen LogP contribution is 2.44. The second-order valence-corrected chi connectivity index (χ2v) is 10.7. The third kappa shape index (κ3) is 4.61. The monoisotopic (exact) mass is 483 g/mol. The summed E-state index contributed by atoms with van der Waals surface area (Å²) in [5.74, 6) is 1.35. The van der Waals surface area contributed by atoms with Crippen molar-refractivity contribution in [1.29, 1.82) is 0 Å². The highest BCUT2D eigenvalue weighted by atomic mass is 35.5.